The maximum atomic E-state index is 8.02. The molecule has 50 valence electrons. The Morgan fingerprint density at radius 2 is 2.56 bits per heavy atom. The molecule has 0 aliphatic heterocycles. The van der Waals surface area contributed by atoms with E-state index in [2.05, 4.69) is 16.6 Å². The molecule has 1 atom stereocenters. The molecule has 0 amide bonds. The molecule has 0 unspecified atom stereocenters. The van der Waals surface area contributed by atoms with E-state index < -0.39 is 0 Å². The summed E-state index contributed by atoms with van der Waals surface area (Å²) in [7, 11) is 0. The smallest absolute Gasteiger partial charge is 0.0405 e. The van der Waals surface area contributed by atoms with Crippen molar-refractivity contribution in [2.75, 3.05) is 0 Å². The molecule has 0 saturated heterocycles. The highest BCUT2D eigenvalue weighted by atomic mass is 15.1. The zero-order chi connectivity index (χ0) is 7.11. The zero-order valence-corrected chi connectivity index (χ0v) is 5.62. The molecule has 0 aromatic rings. The van der Waals surface area contributed by atoms with Crippen molar-refractivity contribution in [2.24, 2.45) is 5.11 Å². The Bertz CT molecular complexity index is 124. The lowest BCUT2D eigenvalue weighted by Crippen LogP contribution is -1.97. The van der Waals surface area contributed by atoms with E-state index in [1.807, 2.05) is 6.92 Å². The molecular weight excluding hydrogens is 114 g/mol. The minimum absolute atomic E-state index is 0.104. The van der Waals surface area contributed by atoms with Crippen molar-refractivity contribution in [3.8, 4) is 0 Å². The Morgan fingerprint density at radius 3 is 2.89 bits per heavy atom. The van der Waals surface area contributed by atoms with Gasteiger partial charge in [0.1, 0.15) is 0 Å². The molecule has 0 bridgehead atoms. The Balaban J connectivity index is 3.66. The first-order valence-electron chi connectivity index (χ1n) is 3.00. The molecule has 3 heteroatoms. The standard InChI is InChI=1S/C6H11N3/c1-3-5-6(4-2)8-9-7/h3,6H,1,4-5H2,2H3/t6-/m0/s1. The molecule has 0 aromatic heterocycles. The molecular formula is C6H11N3. The van der Waals surface area contributed by atoms with Crippen molar-refractivity contribution >= 4 is 0 Å². The van der Waals surface area contributed by atoms with Gasteiger partial charge >= 0.3 is 0 Å². The van der Waals surface area contributed by atoms with Crippen LogP contribution in [0.25, 0.3) is 10.4 Å². The quantitative estimate of drug-likeness (QED) is 0.240. The molecule has 0 heterocycles. The van der Waals surface area contributed by atoms with E-state index in [1.54, 1.807) is 6.08 Å². The number of nitrogens with zero attached hydrogens (tertiary/aromatic N) is 3. The van der Waals surface area contributed by atoms with E-state index in [4.69, 9.17) is 5.53 Å². The van der Waals surface area contributed by atoms with Crippen LogP contribution < -0.4 is 0 Å². The van der Waals surface area contributed by atoms with Gasteiger partial charge in [0, 0.05) is 11.0 Å². The summed E-state index contributed by atoms with van der Waals surface area (Å²) in [6.45, 7) is 5.54. The van der Waals surface area contributed by atoms with Gasteiger partial charge in [-0.15, -0.1) is 6.58 Å². The van der Waals surface area contributed by atoms with Gasteiger partial charge in [0.25, 0.3) is 0 Å². The van der Waals surface area contributed by atoms with E-state index in [0.717, 1.165) is 12.8 Å². The van der Waals surface area contributed by atoms with Gasteiger partial charge in [-0.25, -0.2) is 0 Å². The molecule has 0 aliphatic rings. The first-order chi connectivity index (χ1) is 4.35. The van der Waals surface area contributed by atoms with Crippen LogP contribution in [0.1, 0.15) is 19.8 Å². The summed E-state index contributed by atoms with van der Waals surface area (Å²) >= 11 is 0. The zero-order valence-electron chi connectivity index (χ0n) is 5.62. The van der Waals surface area contributed by atoms with Crippen LogP contribution in [0.4, 0.5) is 0 Å². The Morgan fingerprint density at radius 1 is 1.89 bits per heavy atom. The van der Waals surface area contributed by atoms with Gasteiger partial charge in [0.2, 0.25) is 0 Å². The second kappa shape index (κ2) is 5.19. The van der Waals surface area contributed by atoms with E-state index in [1.165, 1.54) is 0 Å². The fourth-order valence-corrected chi connectivity index (χ4v) is 0.561. The summed E-state index contributed by atoms with van der Waals surface area (Å²) in [5.41, 5.74) is 8.02. The van der Waals surface area contributed by atoms with E-state index >= 15 is 0 Å². The second-order valence-electron chi connectivity index (χ2n) is 1.79. The third-order valence-corrected chi connectivity index (χ3v) is 1.12. The van der Waals surface area contributed by atoms with Crippen LogP contribution >= 0.6 is 0 Å². The molecule has 0 saturated carbocycles. The normalized spacial score (nSPS) is 11.7. The molecule has 0 spiro atoms. The minimum Gasteiger partial charge on any atom is -0.103 e. The number of hydrogen-bond acceptors (Lipinski definition) is 1. The van der Waals surface area contributed by atoms with Crippen molar-refractivity contribution in [2.45, 2.75) is 25.8 Å². The van der Waals surface area contributed by atoms with Crippen molar-refractivity contribution in [1.82, 2.24) is 0 Å². The van der Waals surface area contributed by atoms with Crippen LogP contribution in [0.15, 0.2) is 17.8 Å². The highest BCUT2D eigenvalue weighted by Crippen LogP contribution is 2.02. The predicted octanol–water partition coefficient (Wildman–Crippen LogP) is 2.65. The molecule has 0 aliphatic carbocycles. The summed E-state index contributed by atoms with van der Waals surface area (Å²) in [6.07, 6.45) is 3.43. The van der Waals surface area contributed by atoms with Gasteiger partial charge in [-0.05, 0) is 18.4 Å². The van der Waals surface area contributed by atoms with Crippen LogP contribution in [-0.4, -0.2) is 6.04 Å². The number of hydrogen-bond donors (Lipinski definition) is 0. The Labute approximate surface area is 55.0 Å². The van der Waals surface area contributed by atoms with Crippen LogP contribution in [-0.2, 0) is 0 Å². The minimum atomic E-state index is 0.104. The number of rotatable bonds is 4. The third-order valence-electron chi connectivity index (χ3n) is 1.12. The van der Waals surface area contributed by atoms with Gasteiger partial charge in [-0.2, -0.15) is 0 Å². The molecule has 0 aromatic carbocycles. The SMILES string of the molecule is C=CC[C@H](CC)N=[N+]=[N-]. The Kier molecular flexibility index (Phi) is 4.64. The fraction of sp³-hybridized carbons (Fsp3) is 0.667. The van der Waals surface area contributed by atoms with Gasteiger partial charge in [-0.1, -0.05) is 18.1 Å². The maximum absolute atomic E-state index is 8.02. The van der Waals surface area contributed by atoms with Gasteiger partial charge < -0.3 is 0 Å². The fourth-order valence-electron chi connectivity index (χ4n) is 0.561. The van der Waals surface area contributed by atoms with Crippen LogP contribution in [0.2, 0.25) is 0 Å². The summed E-state index contributed by atoms with van der Waals surface area (Å²) in [4.78, 5) is 2.70. The van der Waals surface area contributed by atoms with Gasteiger partial charge in [0.05, 0.1) is 0 Å². The van der Waals surface area contributed by atoms with Crippen molar-refractivity contribution < 1.29 is 0 Å². The van der Waals surface area contributed by atoms with E-state index in [-0.39, 0.29) is 6.04 Å². The van der Waals surface area contributed by atoms with Crippen molar-refractivity contribution in [3.05, 3.63) is 23.1 Å². The van der Waals surface area contributed by atoms with Crippen molar-refractivity contribution in [3.63, 3.8) is 0 Å². The average molecular weight is 125 g/mol. The average Bonchev–Trinajstić information content (AvgIpc) is 1.88. The summed E-state index contributed by atoms with van der Waals surface area (Å²) in [6, 6.07) is 0.104. The van der Waals surface area contributed by atoms with Crippen LogP contribution in [0.5, 0.6) is 0 Å². The molecule has 0 fully saturated rings. The molecule has 0 radical (unpaired) electrons. The van der Waals surface area contributed by atoms with Gasteiger partial charge in [0.15, 0.2) is 0 Å². The second-order valence-corrected chi connectivity index (χ2v) is 1.79. The van der Waals surface area contributed by atoms with E-state index in [0.29, 0.717) is 0 Å². The first kappa shape index (κ1) is 8.05. The highest BCUT2D eigenvalue weighted by Gasteiger charge is 1.97. The number of azide groups is 1. The lowest BCUT2D eigenvalue weighted by molar-refractivity contribution is 0.655. The summed E-state index contributed by atoms with van der Waals surface area (Å²) < 4.78 is 0. The first-order valence-corrected chi connectivity index (χ1v) is 3.00. The monoisotopic (exact) mass is 125 g/mol. The molecule has 3 nitrogen and oxygen atoms in total. The summed E-state index contributed by atoms with van der Waals surface area (Å²) in [5.74, 6) is 0. The highest BCUT2D eigenvalue weighted by molar-refractivity contribution is 4.76. The maximum Gasteiger partial charge on any atom is 0.0405 e. The lowest BCUT2D eigenvalue weighted by Gasteiger charge is -2.00. The van der Waals surface area contributed by atoms with Gasteiger partial charge in [-0.3, -0.25) is 0 Å². The Hall–Kier alpha value is -0.950. The molecule has 0 rings (SSSR count). The third kappa shape index (κ3) is 3.62. The van der Waals surface area contributed by atoms with Crippen molar-refractivity contribution in [1.29, 1.82) is 0 Å². The molecule has 9 heavy (non-hydrogen) atoms. The topological polar surface area (TPSA) is 48.8 Å². The van der Waals surface area contributed by atoms with Crippen LogP contribution in [0.3, 0.4) is 0 Å². The molecule has 0 N–H and O–H groups in total. The van der Waals surface area contributed by atoms with Crippen LogP contribution in [0, 0.1) is 0 Å². The summed E-state index contributed by atoms with van der Waals surface area (Å²) in [5, 5.41) is 3.54. The lowest BCUT2D eigenvalue weighted by atomic mass is 10.2. The largest absolute Gasteiger partial charge is 0.103 e. The van der Waals surface area contributed by atoms with E-state index in [9.17, 15) is 0 Å². The predicted molar refractivity (Wildman–Crippen MR) is 38.0 cm³/mol.